The summed E-state index contributed by atoms with van der Waals surface area (Å²) < 4.78 is 30.2. The molecule has 5 nitrogen and oxygen atoms in total. The van der Waals surface area contributed by atoms with E-state index in [1.807, 2.05) is 0 Å². The maximum absolute atomic E-state index is 11.6. The van der Waals surface area contributed by atoms with E-state index >= 15 is 0 Å². The molecule has 7 heteroatoms. The van der Waals surface area contributed by atoms with Gasteiger partial charge in [-0.15, -0.1) is 0 Å². The van der Waals surface area contributed by atoms with Gasteiger partial charge in [0.15, 0.2) is 0 Å². The maximum Gasteiger partial charge on any atom is 0.421 e. The molecule has 0 saturated carbocycles. The van der Waals surface area contributed by atoms with Gasteiger partial charge in [-0.3, -0.25) is 0 Å². The first-order chi connectivity index (χ1) is 7.45. The largest absolute Gasteiger partial charge is 0.449 e. The molecule has 16 heavy (non-hydrogen) atoms. The van der Waals surface area contributed by atoms with Gasteiger partial charge in [-0.05, 0) is 31.2 Å². The highest BCUT2D eigenvalue weighted by molar-refractivity contribution is 9.10. The number of carbonyl (C=O) groups excluding carboxylic acids is 1. The first-order valence-electron chi connectivity index (χ1n) is 4.41. The molecule has 1 aromatic carbocycles. The molecule has 88 valence electrons. The number of ether oxygens (including phenoxy) is 1. The highest BCUT2D eigenvalue weighted by atomic mass is 79.9. The van der Waals surface area contributed by atoms with Gasteiger partial charge in [0.2, 0.25) is 0 Å². The van der Waals surface area contributed by atoms with Gasteiger partial charge < -0.3 is 4.74 Å². The molecule has 1 amide bonds. The molecule has 0 fully saturated rings. The number of rotatable bonds is 3. The van der Waals surface area contributed by atoms with Crippen molar-refractivity contribution in [2.24, 2.45) is 0 Å². The summed E-state index contributed by atoms with van der Waals surface area (Å²) in [5, 5.41) is 0. The van der Waals surface area contributed by atoms with E-state index in [0.29, 0.717) is 0 Å². The Kier molecular flexibility index (Phi) is 4.31. The Labute approximate surface area is 102 Å². The van der Waals surface area contributed by atoms with Crippen LogP contribution in [0.25, 0.3) is 0 Å². The molecule has 0 bridgehead atoms. The smallest absolute Gasteiger partial charge is 0.421 e. The Morgan fingerprint density at radius 1 is 1.38 bits per heavy atom. The number of hydrogen-bond donors (Lipinski definition) is 1. The van der Waals surface area contributed by atoms with Gasteiger partial charge in [0.05, 0.1) is 11.5 Å². The summed E-state index contributed by atoms with van der Waals surface area (Å²) in [5.74, 6) is 0. The van der Waals surface area contributed by atoms with Crippen LogP contribution in [-0.4, -0.2) is 21.1 Å². The number of carbonyl (C=O) groups is 1. The van der Waals surface area contributed by atoms with Crippen LogP contribution in [0.5, 0.6) is 0 Å². The molecule has 0 aliphatic carbocycles. The number of sulfonamides is 1. The minimum absolute atomic E-state index is 0.00348. The highest BCUT2D eigenvalue weighted by Crippen LogP contribution is 2.14. The summed E-state index contributed by atoms with van der Waals surface area (Å²) in [4.78, 5) is 11.0. The highest BCUT2D eigenvalue weighted by Gasteiger charge is 2.17. The van der Waals surface area contributed by atoms with E-state index in [4.69, 9.17) is 0 Å². The van der Waals surface area contributed by atoms with Crippen molar-refractivity contribution < 1.29 is 17.9 Å². The monoisotopic (exact) mass is 307 g/mol. The van der Waals surface area contributed by atoms with Gasteiger partial charge >= 0.3 is 6.09 Å². The third-order valence-electron chi connectivity index (χ3n) is 1.62. The minimum atomic E-state index is -3.84. The molecule has 0 radical (unpaired) electrons. The fraction of sp³-hybridized carbons (Fsp3) is 0.222. The van der Waals surface area contributed by atoms with E-state index in [-0.39, 0.29) is 11.5 Å². The van der Waals surface area contributed by atoms with Gasteiger partial charge in [-0.25, -0.2) is 17.9 Å². The van der Waals surface area contributed by atoms with Crippen molar-refractivity contribution in [2.75, 3.05) is 6.61 Å². The summed E-state index contributed by atoms with van der Waals surface area (Å²) in [7, 11) is -3.84. The van der Waals surface area contributed by atoms with Crippen LogP contribution in [0.1, 0.15) is 6.92 Å². The number of halogens is 1. The average molecular weight is 308 g/mol. The van der Waals surface area contributed by atoms with Crippen molar-refractivity contribution in [3.63, 3.8) is 0 Å². The quantitative estimate of drug-likeness (QED) is 0.925. The van der Waals surface area contributed by atoms with Gasteiger partial charge in [0.1, 0.15) is 0 Å². The summed E-state index contributed by atoms with van der Waals surface area (Å²) in [6, 6.07) is 5.90. The fourth-order valence-electron chi connectivity index (χ4n) is 0.943. The van der Waals surface area contributed by atoms with E-state index in [2.05, 4.69) is 20.7 Å². The molecule has 1 aromatic rings. The Bertz CT molecular complexity index is 469. The molecular formula is C9H10BrNO4S. The van der Waals surface area contributed by atoms with E-state index in [1.54, 1.807) is 23.8 Å². The van der Waals surface area contributed by atoms with Gasteiger partial charge in [0, 0.05) is 4.47 Å². The van der Waals surface area contributed by atoms with Gasteiger partial charge in [0.25, 0.3) is 10.0 Å². The second-order valence-corrected chi connectivity index (χ2v) is 5.38. The molecule has 0 aliphatic heterocycles. The number of benzene rings is 1. The minimum Gasteiger partial charge on any atom is -0.449 e. The molecule has 0 unspecified atom stereocenters. The van der Waals surface area contributed by atoms with Crippen LogP contribution >= 0.6 is 15.9 Å². The lowest BCUT2D eigenvalue weighted by Gasteiger charge is -2.06. The standard InChI is InChI=1S/C9H10BrNO4S/c1-2-15-9(12)11-16(13,14)8-5-3-7(10)4-6-8/h3-6H,2H2,1H3,(H,11,12). The van der Waals surface area contributed by atoms with Crippen molar-refractivity contribution in [3.05, 3.63) is 28.7 Å². The van der Waals surface area contributed by atoms with Crippen LogP contribution in [0.2, 0.25) is 0 Å². The molecule has 1 rings (SSSR count). The summed E-state index contributed by atoms with van der Waals surface area (Å²) >= 11 is 3.18. The van der Waals surface area contributed by atoms with Crippen molar-refractivity contribution >= 4 is 32.0 Å². The zero-order chi connectivity index (χ0) is 12.2. The normalized spacial score (nSPS) is 10.9. The number of nitrogens with one attached hydrogen (secondary N) is 1. The summed E-state index contributed by atoms with van der Waals surface area (Å²) in [5.41, 5.74) is 0. The van der Waals surface area contributed by atoms with Crippen LogP contribution in [0, 0.1) is 0 Å². The van der Waals surface area contributed by atoms with Crippen molar-refractivity contribution in [1.29, 1.82) is 0 Å². The molecule has 0 atom stereocenters. The third-order valence-corrected chi connectivity index (χ3v) is 3.47. The molecule has 0 aliphatic rings. The molecule has 0 saturated heterocycles. The summed E-state index contributed by atoms with van der Waals surface area (Å²) in [6.45, 7) is 1.70. The van der Waals surface area contributed by atoms with Gasteiger partial charge in [-0.1, -0.05) is 15.9 Å². The lowest BCUT2D eigenvalue weighted by molar-refractivity contribution is 0.158. The molecule has 1 N–H and O–H groups in total. The predicted molar refractivity (Wildman–Crippen MR) is 61.5 cm³/mol. The lowest BCUT2D eigenvalue weighted by atomic mass is 10.4. The van der Waals surface area contributed by atoms with Gasteiger partial charge in [-0.2, -0.15) is 0 Å². The van der Waals surface area contributed by atoms with Crippen molar-refractivity contribution in [2.45, 2.75) is 11.8 Å². The van der Waals surface area contributed by atoms with E-state index in [9.17, 15) is 13.2 Å². The zero-order valence-corrected chi connectivity index (χ0v) is 10.8. The fourth-order valence-corrected chi connectivity index (χ4v) is 2.10. The van der Waals surface area contributed by atoms with Crippen LogP contribution in [0.3, 0.4) is 0 Å². The zero-order valence-electron chi connectivity index (χ0n) is 8.44. The molecule has 0 heterocycles. The maximum atomic E-state index is 11.6. The van der Waals surface area contributed by atoms with E-state index < -0.39 is 16.1 Å². The Hall–Kier alpha value is -1.08. The van der Waals surface area contributed by atoms with E-state index in [1.165, 1.54) is 12.1 Å². The predicted octanol–water partition coefficient (Wildman–Crippen LogP) is 1.88. The first-order valence-corrected chi connectivity index (χ1v) is 6.68. The SMILES string of the molecule is CCOC(=O)NS(=O)(=O)c1ccc(Br)cc1. The second-order valence-electron chi connectivity index (χ2n) is 2.78. The Morgan fingerprint density at radius 3 is 2.44 bits per heavy atom. The van der Waals surface area contributed by atoms with Crippen LogP contribution in [0.15, 0.2) is 33.6 Å². The molecule has 0 spiro atoms. The van der Waals surface area contributed by atoms with Crippen LogP contribution in [-0.2, 0) is 14.8 Å². The summed E-state index contributed by atoms with van der Waals surface area (Å²) in [6.07, 6.45) is -0.981. The first kappa shape index (κ1) is 13.0. The van der Waals surface area contributed by atoms with Crippen molar-refractivity contribution in [3.8, 4) is 0 Å². The molecular weight excluding hydrogens is 298 g/mol. The number of hydrogen-bond acceptors (Lipinski definition) is 4. The van der Waals surface area contributed by atoms with Crippen LogP contribution in [0.4, 0.5) is 4.79 Å². The topological polar surface area (TPSA) is 72.5 Å². The second kappa shape index (κ2) is 5.31. The molecule has 0 aromatic heterocycles. The Balaban J connectivity index is 2.86. The van der Waals surface area contributed by atoms with E-state index in [0.717, 1.165) is 4.47 Å². The average Bonchev–Trinajstić information content (AvgIpc) is 2.17. The van der Waals surface area contributed by atoms with Crippen LogP contribution < -0.4 is 4.72 Å². The Morgan fingerprint density at radius 2 is 1.94 bits per heavy atom. The third kappa shape index (κ3) is 3.49. The number of amides is 1. The lowest BCUT2D eigenvalue weighted by Crippen LogP contribution is -2.31. The van der Waals surface area contributed by atoms with Crippen molar-refractivity contribution in [1.82, 2.24) is 4.72 Å².